The monoisotopic (exact) mass is 238 g/mol. The highest BCUT2D eigenvalue weighted by Gasteiger charge is 2.42. The third-order valence-corrected chi connectivity index (χ3v) is 15.1. The van der Waals surface area contributed by atoms with Crippen molar-refractivity contribution in [3.05, 3.63) is 0 Å². The first kappa shape index (κ1) is 12.1. The van der Waals surface area contributed by atoms with E-state index in [1.165, 1.54) is 30.1 Å². The van der Waals surface area contributed by atoms with Gasteiger partial charge in [-0.05, 0) is 34.2 Å². The Kier molecular flexibility index (Phi) is 4.39. The van der Waals surface area contributed by atoms with Crippen LogP contribution in [0.25, 0.3) is 0 Å². The summed E-state index contributed by atoms with van der Waals surface area (Å²) >= 11 is 0. The molecule has 0 atom stereocenters. The van der Waals surface area contributed by atoms with Gasteiger partial charge >= 0.3 is 0 Å². The van der Waals surface area contributed by atoms with Crippen molar-refractivity contribution < 1.29 is 0 Å². The Balaban J connectivity index is 2.69. The molecule has 1 rings (SSSR count). The highest BCUT2D eigenvalue weighted by molar-refractivity contribution is 9.20. The van der Waals surface area contributed by atoms with Crippen LogP contribution >= 0.6 is 29.7 Å². The molecule has 0 radical (unpaired) electrons. The summed E-state index contributed by atoms with van der Waals surface area (Å²) in [6, 6.07) is 0. The Bertz CT molecular complexity index is 142. The molecule has 0 nitrogen and oxygen atoms in total. The molecule has 0 N–H and O–H groups in total. The van der Waals surface area contributed by atoms with Crippen LogP contribution in [0, 0.1) is 0 Å². The summed E-state index contributed by atoms with van der Waals surface area (Å²) in [6.45, 7) is 9.48. The molecular formula is C10H22S3. The summed E-state index contributed by atoms with van der Waals surface area (Å²) in [5, 5.41) is 0. The van der Waals surface area contributed by atoms with Crippen LogP contribution in [0.4, 0.5) is 0 Å². The van der Waals surface area contributed by atoms with Crippen molar-refractivity contribution in [3.63, 3.8) is 0 Å². The minimum absolute atomic E-state index is 0.289. The van der Waals surface area contributed by atoms with Crippen LogP contribution in [0.1, 0.15) is 40.5 Å². The highest BCUT2D eigenvalue weighted by atomic mass is 33.5. The maximum absolute atomic E-state index is 2.38. The first-order chi connectivity index (χ1) is 6.16. The molecule has 1 aliphatic rings. The van der Waals surface area contributed by atoms with Crippen molar-refractivity contribution >= 4 is 29.7 Å². The summed E-state index contributed by atoms with van der Waals surface area (Å²) in [6.07, 6.45) is 2.71. The number of rotatable bonds is 4. The fraction of sp³-hybridized carbons (Fsp3) is 1.00. The topological polar surface area (TPSA) is 0 Å². The van der Waals surface area contributed by atoms with Gasteiger partial charge in [-0.15, -0.1) is 0 Å². The van der Waals surface area contributed by atoms with E-state index in [1.807, 2.05) is 0 Å². The molecule has 13 heavy (non-hydrogen) atoms. The van der Waals surface area contributed by atoms with Crippen LogP contribution in [0.5, 0.6) is 0 Å². The molecule has 0 aliphatic carbocycles. The van der Waals surface area contributed by atoms with E-state index < -0.39 is 0 Å². The highest BCUT2D eigenvalue weighted by Crippen LogP contribution is 2.75. The largest absolute Gasteiger partial charge is 0.182 e. The van der Waals surface area contributed by atoms with Gasteiger partial charge in [0.05, 0.1) is 0 Å². The molecule has 0 aromatic heterocycles. The van der Waals surface area contributed by atoms with E-state index in [9.17, 15) is 0 Å². The Labute approximate surface area is 92.1 Å². The molecule has 1 fully saturated rings. The van der Waals surface area contributed by atoms with Gasteiger partial charge in [-0.3, -0.25) is 0 Å². The lowest BCUT2D eigenvalue weighted by Gasteiger charge is -2.33. The Morgan fingerprint density at radius 1 is 1.08 bits per heavy atom. The Morgan fingerprint density at radius 2 is 1.62 bits per heavy atom. The standard InChI is InChI=1S/C10H22S3/c1-5-10(6-2)9-13(7-3,8-4)12-11-10/h5-9H2,1-4H3. The zero-order valence-corrected chi connectivity index (χ0v) is 11.7. The lowest BCUT2D eigenvalue weighted by Crippen LogP contribution is -2.25. The third-order valence-electron chi connectivity index (χ3n) is 3.22. The molecule has 0 bridgehead atoms. The summed E-state index contributed by atoms with van der Waals surface area (Å²) in [7, 11) is 4.16. The molecule has 80 valence electrons. The molecule has 3 heteroatoms. The van der Waals surface area contributed by atoms with Gasteiger partial charge in [0, 0.05) is 10.5 Å². The predicted molar refractivity (Wildman–Crippen MR) is 72.0 cm³/mol. The molecule has 0 aromatic carbocycles. The van der Waals surface area contributed by atoms with Gasteiger partial charge in [0.15, 0.2) is 0 Å². The lowest BCUT2D eigenvalue weighted by atomic mass is 10.1. The van der Waals surface area contributed by atoms with Gasteiger partial charge in [0.2, 0.25) is 0 Å². The van der Waals surface area contributed by atoms with Gasteiger partial charge in [0.25, 0.3) is 0 Å². The fourth-order valence-corrected chi connectivity index (χ4v) is 14.0. The van der Waals surface area contributed by atoms with E-state index in [0.29, 0.717) is 4.75 Å². The first-order valence-corrected chi connectivity index (χ1v) is 10.1. The van der Waals surface area contributed by atoms with E-state index in [2.05, 4.69) is 48.3 Å². The van der Waals surface area contributed by atoms with Crippen molar-refractivity contribution in [3.8, 4) is 0 Å². The molecule has 0 unspecified atom stereocenters. The van der Waals surface area contributed by atoms with Crippen molar-refractivity contribution in [2.75, 3.05) is 17.3 Å². The van der Waals surface area contributed by atoms with E-state index in [-0.39, 0.29) is 9.06 Å². The van der Waals surface area contributed by atoms with E-state index in [4.69, 9.17) is 0 Å². The quantitative estimate of drug-likeness (QED) is 0.651. The van der Waals surface area contributed by atoms with Crippen LogP contribution in [0.2, 0.25) is 0 Å². The van der Waals surface area contributed by atoms with Gasteiger partial charge < -0.3 is 0 Å². The van der Waals surface area contributed by atoms with E-state index in [1.54, 1.807) is 0 Å². The van der Waals surface area contributed by atoms with Crippen LogP contribution in [0.15, 0.2) is 0 Å². The van der Waals surface area contributed by atoms with Crippen molar-refractivity contribution in [2.45, 2.75) is 45.3 Å². The second-order valence-electron chi connectivity index (χ2n) is 3.73. The van der Waals surface area contributed by atoms with Gasteiger partial charge in [-0.2, -0.15) is 9.06 Å². The van der Waals surface area contributed by atoms with Crippen molar-refractivity contribution in [2.24, 2.45) is 0 Å². The molecule has 0 aromatic rings. The zero-order valence-electron chi connectivity index (χ0n) is 9.26. The van der Waals surface area contributed by atoms with Crippen molar-refractivity contribution in [1.82, 2.24) is 0 Å². The predicted octanol–water partition coefficient (Wildman–Crippen LogP) is 4.70. The van der Waals surface area contributed by atoms with Gasteiger partial charge in [0.1, 0.15) is 0 Å². The second-order valence-corrected chi connectivity index (χ2v) is 12.5. The first-order valence-electron chi connectivity index (χ1n) is 5.29. The average Bonchev–Trinajstić information content (AvgIpc) is 2.59. The van der Waals surface area contributed by atoms with Gasteiger partial charge in [-0.25, -0.2) is 0 Å². The van der Waals surface area contributed by atoms with E-state index in [0.717, 1.165) is 0 Å². The molecule has 0 spiro atoms. The minimum atomic E-state index is -0.289. The van der Waals surface area contributed by atoms with Crippen LogP contribution in [0.3, 0.4) is 0 Å². The maximum atomic E-state index is 2.38. The SMILES string of the molecule is CCC1(CC)CS(CC)(CC)SS1. The van der Waals surface area contributed by atoms with Crippen LogP contribution < -0.4 is 0 Å². The Morgan fingerprint density at radius 3 is 1.85 bits per heavy atom. The molecular weight excluding hydrogens is 216 g/mol. The second kappa shape index (κ2) is 4.71. The van der Waals surface area contributed by atoms with Crippen LogP contribution in [-0.4, -0.2) is 22.0 Å². The molecule has 1 saturated heterocycles. The fourth-order valence-electron chi connectivity index (χ4n) is 1.75. The minimum Gasteiger partial charge on any atom is -0.182 e. The van der Waals surface area contributed by atoms with E-state index >= 15 is 0 Å². The molecule has 0 amide bonds. The van der Waals surface area contributed by atoms with Gasteiger partial charge in [-0.1, -0.05) is 38.5 Å². The average molecular weight is 238 g/mol. The third kappa shape index (κ3) is 2.35. The molecule has 1 heterocycles. The lowest BCUT2D eigenvalue weighted by molar-refractivity contribution is 0.613. The normalized spacial score (nSPS) is 27.4. The number of hydrogen-bond donors (Lipinski definition) is 0. The molecule has 0 saturated carbocycles. The van der Waals surface area contributed by atoms with Crippen molar-refractivity contribution in [1.29, 1.82) is 0 Å². The summed E-state index contributed by atoms with van der Waals surface area (Å²) < 4.78 is 0.631. The zero-order chi connectivity index (χ0) is 9.95. The maximum Gasteiger partial charge on any atom is 0.0349 e. The Hall–Kier alpha value is 1.05. The van der Waals surface area contributed by atoms with Crippen LogP contribution in [-0.2, 0) is 0 Å². The summed E-state index contributed by atoms with van der Waals surface area (Å²) in [4.78, 5) is 0. The summed E-state index contributed by atoms with van der Waals surface area (Å²) in [5.41, 5.74) is 0. The molecule has 1 aliphatic heterocycles. The number of hydrogen-bond acceptors (Lipinski definition) is 2. The smallest absolute Gasteiger partial charge is 0.0349 e. The summed E-state index contributed by atoms with van der Waals surface area (Å²) in [5.74, 6) is 4.35.